The highest BCUT2D eigenvalue weighted by Gasteiger charge is 2.42. The van der Waals surface area contributed by atoms with Crippen molar-refractivity contribution in [3.8, 4) is 0 Å². The maximum Gasteiger partial charge on any atom is 0.241 e. The molecule has 2 aliphatic heterocycles. The monoisotopic (exact) mass is 212 g/mol. The van der Waals surface area contributed by atoms with Crippen LogP contribution in [0.5, 0.6) is 0 Å². The molecule has 1 N–H and O–H groups in total. The van der Waals surface area contributed by atoms with Crippen molar-refractivity contribution in [3.63, 3.8) is 0 Å². The van der Waals surface area contributed by atoms with Crippen LogP contribution in [0.25, 0.3) is 0 Å². The van der Waals surface area contributed by atoms with Crippen LogP contribution in [-0.4, -0.2) is 42.3 Å². The van der Waals surface area contributed by atoms with Crippen LogP contribution in [0.1, 0.15) is 27.2 Å². The van der Waals surface area contributed by atoms with Gasteiger partial charge in [-0.2, -0.15) is 0 Å². The van der Waals surface area contributed by atoms with Gasteiger partial charge in [0, 0.05) is 6.61 Å². The summed E-state index contributed by atoms with van der Waals surface area (Å²) in [5, 5.41) is 3.35. The Morgan fingerprint density at radius 2 is 2.27 bits per heavy atom. The maximum absolute atomic E-state index is 12.0. The van der Waals surface area contributed by atoms with Crippen molar-refractivity contribution in [1.29, 1.82) is 0 Å². The third-order valence-corrected chi connectivity index (χ3v) is 3.28. The Morgan fingerprint density at radius 3 is 2.80 bits per heavy atom. The molecule has 0 bridgehead atoms. The second-order valence-corrected chi connectivity index (χ2v) is 4.84. The van der Waals surface area contributed by atoms with Crippen molar-refractivity contribution >= 4 is 5.91 Å². The quantitative estimate of drug-likeness (QED) is 0.728. The van der Waals surface area contributed by atoms with E-state index in [1.54, 1.807) is 0 Å². The standard InChI is InChI=1S/C11H20N2O2/c1-7(2)10-12-8(3)11(14)13(10)9-4-5-15-6-9/h7-10,12H,4-6H2,1-3H3. The number of hydrogen-bond donors (Lipinski definition) is 1. The molecule has 0 saturated carbocycles. The van der Waals surface area contributed by atoms with Gasteiger partial charge in [-0.1, -0.05) is 13.8 Å². The molecule has 2 rings (SSSR count). The van der Waals surface area contributed by atoms with Crippen LogP contribution in [0.15, 0.2) is 0 Å². The lowest BCUT2D eigenvalue weighted by molar-refractivity contribution is -0.132. The smallest absolute Gasteiger partial charge is 0.241 e. The first-order valence-corrected chi connectivity index (χ1v) is 5.77. The molecule has 3 atom stereocenters. The number of amides is 1. The van der Waals surface area contributed by atoms with E-state index in [1.165, 1.54) is 0 Å². The summed E-state index contributed by atoms with van der Waals surface area (Å²) in [4.78, 5) is 14.0. The zero-order valence-corrected chi connectivity index (χ0v) is 9.69. The van der Waals surface area contributed by atoms with E-state index in [0.29, 0.717) is 12.5 Å². The van der Waals surface area contributed by atoms with Crippen molar-refractivity contribution in [2.45, 2.75) is 45.4 Å². The second-order valence-electron chi connectivity index (χ2n) is 4.84. The molecular formula is C11H20N2O2. The number of carbonyl (C=O) groups excluding carboxylic acids is 1. The molecule has 0 radical (unpaired) electrons. The lowest BCUT2D eigenvalue weighted by atomic mass is 10.1. The SMILES string of the molecule is CC1NC(C(C)C)N(C2CCOC2)C1=O. The van der Waals surface area contributed by atoms with Crippen molar-refractivity contribution in [1.82, 2.24) is 10.2 Å². The fourth-order valence-electron chi connectivity index (χ4n) is 2.43. The molecule has 2 saturated heterocycles. The Hall–Kier alpha value is -0.610. The molecule has 1 amide bonds. The van der Waals surface area contributed by atoms with Gasteiger partial charge < -0.3 is 9.64 Å². The summed E-state index contributed by atoms with van der Waals surface area (Å²) in [5.41, 5.74) is 0. The average Bonchev–Trinajstić information content (AvgIpc) is 2.76. The molecule has 2 heterocycles. The molecule has 0 aromatic heterocycles. The fraction of sp³-hybridized carbons (Fsp3) is 0.909. The van der Waals surface area contributed by atoms with E-state index in [4.69, 9.17) is 4.74 Å². The molecule has 4 heteroatoms. The summed E-state index contributed by atoms with van der Waals surface area (Å²) in [6.45, 7) is 7.71. The molecule has 0 aliphatic carbocycles. The van der Waals surface area contributed by atoms with Gasteiger partial charge in [-0.3, -0.25) is 10.1 Å². The number of rotatable bonds is 2. The molecule has 0 aromatic carbocycles. The zero-order chi connectivity index (χ0) is 11.0. The molecular weight excluding hydrogens is 192 g/mol. The van der Waals surface area contributed by atoms with E-state index in [-0.39, 0.29) is 24.2 Å². The Morgan fingerprint density at radius 1 is 1.53 bits per heavy atom. The Labute approximate surface area is 91.0 Å². The van der Waals surface area contributed by atoms with Crippen molar-refractivity contribution in [2.75, 3.05) is 13.2 Å². The molecule has 0 aromatic rings. The maximum atomic E-state index is 12.0. The van der Waals surface area contributed by atoms with Crippen LogP contribution >= 0.6 is 0 Å². The van der Waals surface area contributed by atoms with Crippen LogP contribution in [0.3, 0.4) is 0 Å². The van der Waals surface area contributed by atoms with Gasteiger partial charge in [0.15, 0.2) is 0 Å². The first-order valence-electron chi connectivity index (χ1n) is 5.77. The molecule has 0 spiro atoms. The molecule has 15 heavy (non-hydrogen) atoms. The van der Waals surface area contributed by atoms with Gasteiger partial charge in [-0.15, -0.1) is 0 Å². The normalized spacial score (nSPS) is 36.9. The average molecular weight is 212 g/mol. The van der Waals surface area contributed by atoms with E-state index in [9.17, 15) is 4.79 Å². The minimum Gasteiger partial charge on any atom is -0.379 e. The van der Waals surface area contributed by atoms with Crippen LogP contribution < -0.4 is 5.32 Å². The van der Waals surface area contributed by atoms with Gasteiger partial charge in [-0.05, 0) is 19.3 Å². The predicted octanol–water partition coefficient (Wildman–Crippen LogP) is 0.578. The van der Waals surface area contributed by atoms with Crippen molar-refractivity contribution < 1.29 is 9.53 Å². The van der Waals surface area contributed by atoms with Gasteiger partial charge >= 0.3 is 0 Å². The summed E-state index contributed by atoms with van der Waals surface area (Å²) in [6, 6.07) is 0.236. The topological polar surface area (TPSA) is 41.6 Å². The van der Waals surface area contributed by atoms with Gasteiger partial charge in [0.25, 0.3) is 0 Å². The lowest BCUT2D eigenvalue weighted by Crippen LogP contribution is -2.47. The molecule has 3 unspecified atom stereocenters. The Bertz CT molecular complexity index is 249. The number of carbonyl (C=O) groups is 1. The third kappa shape index (κ3) is 1.88. The number of hydrogen-bond acceptors (Lipinski definition) is 3. The highest BCUT2D eigenvalue weighted by atomic mass is 16.5. The minimum absolute atomic E-state index is 0.0435. The first kappa shape index (κ1) is 10.9. The number of nitrogens with one attached hydrogen (secondary N) is 1. The Balaban J connectivity index is 2.14. The van der Waals surface area contributed by atoms with Crippen LogP contribution in [-0.2, 0) is 9.53 Å². The van der Waals surface area contributed by atoms with E-state index < -0.39 is 0 Å². The van der Waals surface area contributed by atoms with Crippen LogP contribution in [0, 0.1) is 5.92 Å². The highest BCUT2D eigenvalue weighted by Crippen LogP contribution is 2.24. The van der Waals surface area contributed by atoms with Gasteiger partial charge in [0.1, 0.15) is 0 Å². The summed E-state index contributed by atoms with van der Waals surface area (Å²) in [5.74, 6) is 0.670. The van der Waals surface area contributed by atoms with Crippen LogP contribution in [0.2, 0.25) is 0 Å². The third-order valence-electron chi connectivity index (χ3n) is 3.28. The largest absolute Gasteiger partial charge is 0.379 e. The van der Waals surface area contributed by atoms with Gasteiger partial charge in [0.05, 0.1) is 24.9 Å². The molecule has 86 valence electrons. The summed E-state index contributed by atoms with van der Waals surface area (Å²) >= 11 is 0. The zero-order valence-electron chi connectivity index (χ0n) is 9.69. The first-order chi connectivity index (χ1) is 7.11. The molecule has 2 fully saturated rings. The van der Waals surface area contributed by atoms with E-state index in [1.807, 2.05) is 11.8 Å². The summed E-state index contributed by atoms with van der Waals surface area (Å²) in [7, 11) is 0. The second kappa shape index (κ2) is 4.10. The lowest BCUT2D eigenvalue weighted by Gasteiger charge is -2.31. The van der Waals surface area contributed by atoms with Gasteiger partial charge in [0.2, 0.25) is 5.91 Å². The van der Waals surface area contributed by atoms with Crippen molar-refractivity contribution in [2.24, 2.45) is 5.92 Å². The Kier molecular flexibility index (Phi) is 2.98. The van der Waals surface area contributed by atoms with E-state index in [2.05, 4.69) is 19.2 Å². The predicted molar refractivity (Wildman–Crippen MR) is 57.3 cm³/mol. The molecule has 4 nitrogen and oxygen atoms in total. The summed E-state index contributed by atoms with van der Waals surface area (Å²) < 4.78 is 5.36. The fourth-order valence-corrected chi connectivity index (χ4v) is 2.43. The van der Waals surface area contributed by atoms with E-state index >= 15 is 0 Å². The minimum atomic E-state index is -0.0435. The van der Waals surface area contributed by atoms with Gasteiger partial charge in [-0.25, -0.2) is 0 Å². The summed E-state index contributed by atoms with van der Waals surface area (Å²) in [6.07, 6.45) is 1.16. The van der Waals surface area contributed by atoms with E-state index in [0.717, 1.165) is 13.0 Å². The van der Waals surface area contributed by atoms with Crippen LogP contribution in [0.4, 0.5) is 0 Å². The highest BCUT2D eigenvalue weighted by molar-refractivity contribution is 5.84. The van der Waals surface area contributed by atoms with Crippen molar-refractivity contribution in [3.05, 3.63) is 0 Å². The number of ether oxygens (including phenoxy) is 1. The number of nitrogens with zero attached hydrogens (tertiary/aromatic N) is 1. The molecule has 2 aliphatic rings.